The second kappa shape index (κ2) is 5.79. The van der Waals surface area contributed by atoms with Crippen LogP contribution in [0.1, 0.15) is 30.0 Å². The van der Waals surface area contributed by atoms with Gasteiger partial charge in [-0.3, -0.25) is 9.47 Å². The van der Waals surface area contributed by atoms with Crippen molar-refractivity contribution in [1.29, 1.82) is 0 Å². The summed E-state index contributed by atoms with van der Waals surface area (Å²) in [6.07, 6.45) is 10.0. The summed E-state index contributed by atoms with van der Waals surface area (Å²) in [5, 5.41) is 1.38. The van der Waals surface area contributed by atoms with Gasteiger partial charge in [0.25, 0.3) is 0 Å². The van der Waals surface area contributed by atoms with Crippen LogP contribution in [-0.2, 0) is 6.54 Å². The summed E-state index contributed by atoms with van der Waals surface area (Å²) >= 11 is 0. The Balaban J connectivity index is 1.63. The lowest BCUT2D eigenvalue weighted by molar-refractivity contribution is 0.220. The van der Waals surface area contributed by atoms with Gasteiger partial charge >= 0.3 is 0 Å². The van der Waals surface area contributed by atoms with Gasteiger partial charge in [-0.1, -0.05) is 18.2 Å². The van der Waals surface area contributed by atoms with E-state index in [2.05, 4.69) is 44.8 Å². The molecule has 0 N–H and O–H groups in total. The smallest absolute Gasteiger partial charge is 0.139 e. The number of piperidine rings is 1. The number of imidazole rings is 1. The first-order chi connectivity index (χ1) is 13.4. The lowest BCUT2D eigenvalue weighted by Crippen LogP contribution is -2.29. The predicted molar refractivity (Wildman–Crippen MR) is 105 cm³/mol. The highest BCUT2D eigenvalue weighted by Gasteiger charge is 2.33. The van der Waals surface area contributed by atoms with E-state index in [-0.39, 0.29) is 0 Å². The van der Waals surface area contributed by atoms with Crippen LogP contribution >= 0.6 is 0 Å². The summed E-state index contributed by atoms with van der Waals surface area (Å²) in [4.78, 5) is 11.6. The maximum Gasteiger partial charge on any atom is 0.139 e. The SMILES string of the molecule is c1ccc2c(c1)c1c(n2-c2cc(-n3ccnc3)ccn2)C2CCN(CC2)C1. The molecule has 0 unspecified atom stereocenters. The fraction of sp³-hybridized carbons (Fsp3) is 0.273. The Morgan fingerprint density at radius 3 is 2.74 bits per heavy atom. The van der Waals surface area contributed by atoms with E-state index in [4.69, 9.17) is 4.98 Å². The zero-order chi connectivity index (χ0) is 17.8. The normalized spacial score (nSPS) is 21.3. The van der Waals surface area contributed by atoms with Gasteiger partial charge < -0.3 is 4.57 Å². The summed E-state index contributed by atoms with van der Waals surface area (Å²) in [7, 11) is 0. The van der Waals surface area contributed by atoms with E-state index in [1.54, 1.807) is 0 Å². The molecule has 0 radical (unpaired) electrons. The van der Waals surface area contributed by atoms with E-state index in [1.807, 2.05) is 35.6 Å². The van der Waals surface area contributed by atoms with Crippen LogP contribution in [0.3, 0.4) is 0 Å². The minimum absolute atomic E-state index is 0.616. The van der Waals surface area contributed by atoms with Crippen molar-refractivity contribution in [3.05, 3.63) is 72.6 Å². The highest BCUT2D eigenvalue weighted by atomic mass is 15.2. The standard InChI is InChI=1S/C22H21N5/c1-2-4-20-18(3-1)19-14-25-10-6-16(7-11-25)22(19)27(20)21-13-17(5-8-24-21)26-12-9-23-15-26/h1-5,8-9,12-13,15-16H,6-7,10-11,14H2. The number of para-hydroxylation sites is 1. The number of aromatic nitrogens is 4. The number of benzene rings is 1. The molecule has 3 aliphatic rings. The quantitative estimate of drug-likeness (QED) is 0.547. The van der Waals surface area contributed by atoms with Gasteiger partial charge in [0.2, 0.25) is 0 Å². The Kier molecular flexibility index (Phi) is 3.25. The van der Waals surface area contributed by atoms with Crippen LogP contribution in [0, 0.1) is 0 Å². The molecule has 134 valence electrons. The van der Waals surface area contributed by atoms with E-state index < -0.39 is 0 Å². The highest BCUT2D eigenvalue weighted by Crippen LogP contribution is 2.42. The van der Waals surface area contributed by atoms with Crippen LogP contribution in [0.4, 0.5) is 0 Å². The first-order valence-electron chi connectivity index (χ1n) is 9.68. The van der Waals surface area contributed by atoms with Crippen molar-refractivity contribution in [1.82, 2.24) is 24.0 Å². The summed E-state index contributed by atoms with van der Waals surface area (Å²) in [5.41, 5.74) is 5.34. The zero-order valence-electron chi connectivity index (χ0n) is 15.1. The maximum atomic E-state index is 4.78. The summed E-state index contributed by atoms with van der Waals surface area (Å²) in [6, 6.07) is 13.0. The molecule has 0 aliphatic carbocycles. The molecule has 5 heteroatoms. The van der Waals surface area contributed by atoms with Crippen molar-refractivity contribution >= 4 is 10.9 Å². The average Bonchev–Trinajstić information content (AvgIpc) is 3.28. The number of hydrogen-bond acceptors (Lipinski definition) is 3. The zero-order valence-corrected chi connectivity index (χ0v) is 15.1. The lowest BCUT2D eigenvalue weighted by atomic mass is 9.94. The average molecular weight is 355 g/mol. The largest absolute Gasteiger partial charge is 0.306 e. The number of rotatable bonds is 2. The monoisotopic (exact) mass is 355 g/mol. The molecule has 1 aromatic carbocycles. The molecule has 6 heterocycles. The van der Waals surface area contributed by atoms with Gasteiger partial charge in [0.05, 0.1) is 17.5 Å². The maximum absolute atomic E-state index is 4.78. The van der Waals surface area contributed by atoms with Crippen molar-refractivity contribution < 1.29 is 0 Å². The van der Waals surface area contributed by atoms with E-state index in [9.17, 15) is 0 Å². The van der Waals surface area contributed by atoms with Gasteiger partial charge in [-0.15, -0.1) is 0 Å². The van der Waals surface area contributed by atoms with Crippen LogP contribution in [0.2, 0.25) is 0 Å². The molecule has 0 amide bonds. The van der Waals surface area contributed by atoms with Crippen molar-refractivity contribution in [2.24, 2.45) is 0 Å². The van der Waals surface area contributed by atoms with Crippen LogP contribution in [-0.4, -0.2) is 37.1 Å². The highest BCUT2D eigenvalue weighted by molar-refractivity contribution is 5.87. The summed E-state index contributed by atoms with van der Waals surface area (Å²) in [5.74, 6) is 1.61. The molecule has 1 fully saturated rings. The molecule has 4 aromatic rings. The van der Waals surface area contributed by atoms with Gasteiger partial charge in [0, 0.05) is 48.2 Å². The topological polar surface area (TPSA) is 38.9 Å². The third kappa shape index (κ3) is 2.28. The Morgan fingerprint density at radius 1 is 1.00 bits per heavy atom. The Hall–Kier alpha value is -2.92. The molecule has 5 nitrogen and oxygen atoms in total. The molecular formula is C22H21N5. The number of nitrogens with zero attached hydrogens (tertiary/aromatic N) is 5. The van der Waals surface area contributed by atoms with Crippen LogP contribution in [0.15, 0.2) is 61.3 Å². The molecule has 0 spiro atoms. The molecule has 7 rings (SSSR count). The molecule has 0 saturated carbocycles. The number of pyridine rings is 1. The van der Waals surface area contributed by atoms with Gasteiger partial charge in [-0.05, 0) is 43.6 Å². The molecular weight excluding hydrogens is 334 g/mol. The minimum Gasteiger partial charge on any atom is -0.306 e. The molecule has 3 aromatic heterocycles. The fourth-order valence-electron chi connectivity index (χ4n) is 4.86. The van der Waals surface area contributed by atoms with Gasteiger partial charge in [-0.25, -0.2) is 9.97 Å². The lowest BCUT2D eigenvalue weighted by Gasteiger charge is -2.27. The van der Waals surface area contributed by atoms with Crippen LogP contribution in [0.5, 0.6) is 0 Å². The molecule has 1 saturated heterocycles. The van der Waals surface area contributed by atoms with Crippen LogP contribution < -0.4 is 0 Å². The second-order valence-electron chi connectivity index (χ2n) is 7.61. The third-order valence-corrected chi connectivity index (χ3v) is 6.14. The Labute approximate surface area is 157 Å². The van der Waals surface area contributed by atoms with Crippen molar-refractivity contribution in [2.45, 2.75) is 25.3 Å². The van der Waals surface area contributed by atoms with E-state index in [0.717, 1.165) is 18.1 Å². The van der Waals surface area contributed by atoms with Crippen molar-refractivity contribution in [2.75, 3.05) is 13.1 Å². The molecule has 3 aliphatic heterocycles. The van der Waals surface area contributed by atoms with E-state index in [1.165, 1.54) is 48.1 Å². The molecule has 0 atom stereocenters. The van der Waals surface area contributed by atoms with E-state index in [0.29, 0.717) is 5.92 Å². The van der Waals surface area contributed by atoms with Crippen LogP contribution in [0.25, 0.3) is 22.4 Å². The third-order valence-electron chi connectivity index (χ3n) is 6.14. The molecule has 27 heavy (non-hydrogen) atoms. The Morgan fingerprint density at radius 2 is 1.89 bits per heavy atom. The van der Waals surface area contributed by atoms with Crippen molar-refractivity contribution in [3.63, 3.8) is 0 Å². The number of fused-ring (bicyclic) bond motifs is 3. The molecule has 2 bridgehead atoms. The number of hydrogen-bond donors (Lipinski definition) is 0. The second-order valence-corrected chi connectivity index (χ2v) is 7.61. The summed E-state index contributed by atoms with van der Waals surface area (Å²) in [6.45, 7) is 3.47. The fourth-order valence-corrected chi connectivity index (χ4v) is 4.86. The van der Waals surface area contributed by atoms with Gasteiger partial charge in [-0.2, -0.15) is 0 Å². The first kappa shape index (κ1) is 15.2. The van der Waals surface area contributed by atoms with Gasteiger partial charge in [0.1, 0.15) is 5.82 Å². The minimum atomic E-state index is 0.616. The van der Waals surface area contributed by atoms with Crippen molar-refractivity contribution in [3.8, 4) is 11.5 Å². The Bertz CT molecular complexity index is 1120. The van der Waals surface area contributed by atoms with Gasteiger partial charge in [0.15, 0.2) is 0 Å². The summed E-state index contributed by atoms with van der Waals surface area (Å²) < 4.78 is 4.46. The predicted octanol–water partition coefficient (Wildman–Crippen LogP) is 3.90. The van der Waals surface area contributed by atoms with E-state index >= 15 is 0 Å². The first-order valence-corrected chi connectivity index (χ1v) is 9.68.